The van der Waals surface area contributed by atoms with Gasteiger partial charge in [0, 0.05) is 11.6 Å². The third-order valence-electron chi connectivity index (χ3n) is 3.48. The highest BCUT2D eigenvalue weighted by Gasteiger charge is 2.08. The zero-order chi connectivity index (χ0) is 16.9. The Balaban J connectivity index is 1.74. The fourth-order valence-electron chi connectivity index (χ4n) is 2.19. The van der Waals surface area contributed by atoms with Gasteiger partial charge in [-0.1, -0.05) is 12.1 Å². The fraction of sp³-hybridized carbons (Fsp3) is 0.118. The van der Waals surface area contributed by atoms with Crippen LogP contribution in [-0.4, -0.2) is 26.5 Å². The molecule has 0 bridgehead atoms. The Morgan fingerprint density at radius 2 is 1.92 bits per heavy atom. The Hall–Kier alpha value is -3.22. The van der Waals surface area contributed by atoms with Crippen molar-refractivity contribution in [3.63, 3.8) is 0 Å². The van der Waals surface area contributed by atoms with Gasteiger partial charge in [-0.2, -0.15) is 5.10 Å². The molecule has 0 aliphatic carbocycles. The van der Waals surface area contributed by atoms with Gasteiger partial charge < -0.3 is 5.32 Å². The molecule has 0 saturated carbocycles. The van der Waals surface area contributed by atoms with E-state index in [2.05, 4.69) is 25.5 Å². The topological polar surface area (TPSA) is 80.7 Å². The zero-order valence-corrected chi connectivity index (χ0v) is 12.8. The van der Waals surface area contributed by atoms with Gasteiger partial charge in [0.1, 0.15) is 17.3 Å². The number of nitrogens with one attached hydrogen (secondary N) is 1. The summed E-state index contributed by atoms with van der Waals surface area (Å²) in [4.78, 5) is 19.4. The summed E-state index contributed by atoms with van der Waals surface area (Å²) in [6.45, 7) is 1.95. The van der Waals surface area contributed by atoms with Crippen LogP contribution in [0.2, 0.25) is 0 Å². The van der Waals surface area contributed by atoms with Crippen LogP contribution in [0.15, 0.2) is 48.9 Å². The maximum Gasteiger partial charge on any atom is 0.170 e. The Labute approximate surface area is 137 Å². The van der Waals surface area contributed by atoms with Crippen molar-refractivity contribution in [2.45, 2.75) is 13.0 Å². The Kier molecular flexibility index (Phi) is 4.51. The van der Waals surface area contributed by atoms with Crippen LogP contribution in [0, 0.1) is 5.82 Å². The van der Waals surface area contributed by atoms with Gasteiger partial charge in [0.25, 0.3) is 0 Å². The summed E-state index contributed by atoms with van der Waals surface area (Å²) >= 11 is 0. The van der Waals surface area contributed by atoms with Crippen molar-refractivity contribution in [1.29, 1.82) is 0 Å². The van der Waals surface area contributed by atoms with Crippen LogP contribution >= 0.6 is 0 Å². The van der Waals surface area contributed by atoms with Crippen LogP contribution in [0.25, 0.3) is 11.3 Å². The van der Waals surface area contributed by atoms with Gasteiger partial charge >= 0.3 is 0 Å². The van der Waals surface area contributed by atoms with Gasteiger partial charge in [0.2, 0.25) is 0 Å². The summed E-state index contributed by atoms with van der Waals surface area (Å²) in [6, 6.07) is 7.83. The number of aromatic nitrogens is 4. The molecular weight excluding hydrogens is 309 g/mol. The van der Waals surface area contributed by atoms with Crippen LogP contribution < -0.4 is 5.32 Å². The van der Waals surface area contributed by atoms with E-state index in [0.29, 0.717) is 23.4 Å². The second-order valence-corrected chi connectivity index (χ2v) is 5.19. The number of nitrogens with zero attached hydrogens (tertiary/aromatic N) is 4. The van der Waals surface area contributed by atoms with Gasteiger partial charge in [0.05, 0.1) is 24.3 Å². The standard InChI is InChI=1S/C17H14FN5O/c1-11(12-2-4-14(18)5-3-12)22-17-9-19-16(8-20-17)13-6-15(10-24)23-21-7-13/h2-11H,1H3,(H,20,22). The summed E-state index contributed by atoms with van der Waals surface area (Å²) in [5.74, 6) is 0.323. The summed E-state index contributed by atoms with van der Waals surface area (Å²) in [5, 5.41) is 10.6. The van der Waals surface area contributed by atoms with Crippen LogP contribution in [0.1, 0.15) is 29.0 Å². The van der Waals surface area contributed by atoms with Gasteiger partial charge in [0.15, 0.2) is 6.29 Å². The van der Waals surface area contributed by atoms with E-state index in [1.807, 2.05) is 6.92 Å². The third-order valence-corrected chi connectivity index (χ3v) is 3.48. The van der Waals surface area contributed by atoms with Crippen molar-refractivity contribution in [2.24, 2.45) is 0 Å². The van der Waals surface area contributed by atoms with Crippen LogP contribution in [0.5, 0.6) is 0 Å². The highest BCUT2D eigenvalue weighted by Crippen LogP contribution is 2.20. The lowest BCUT2D eigenvalue weighted by molar-refractivity contribution is 0.111. The van der Waals surface area contributed by atoms with E-state index in [4.69, 9.17) is 0 Å². The van der Waals surface area contributed by atoms with E-state index >= 15 is 0 Å². The van der Waals surface area contributed by atoms with E-state index in [1.165, 1.54) is 18.3 Å². The lowest BCUT2D eigenvalue weighted by Crippen LogP contribution is -2.08. The number of rotatable bonds is 5. The lowest BCUT2D eigenvalue weighted by Gasteiger charge is -2.14. The molecule has 3 rings (SSSR count). The molecule has 3 aromatic rings. The maximum absolute atomic E-state index is 13.0. The molecule has 1 aromatic carbocycles. The minimum absolute atomic E-state index is 0.0463. The Morgan fingerprint density at radius 3 is 2.58 bits per heavy atom. The molecule has 0 fully saturated rings. The monoisotopic (exact) mass is 323 g/mol. The molecule has 0 spiro atoms. The van der Waals surface area contributed by atoms with Crippen molar-refractivity contribution in [3.05, 3.63) is 66.0 Å². The molecule has 120 valence electrons. The fourth-order valence-corrected chi connectivity index (χ4v) is 2.19. The Morgan fingerprint density at radius 1 is 1.12 bits per heavy atom. The number of hydrogen-bond acceptors (Lipinski definition) is 6. The first-order chi connectivity index (χ1) is 11.7. The van der Waals surface area contributed by atoms with E-state index in [0.717, 1.165) is 5.56 Å². The summed E-state index contributed by atoms with van der Waals surface area (Å²) < 4.78 is 13.0. The first-order valence-corrected chi connectivity index (χ1v) is 7.28. The van der Waals surface area contributed by atoms with Crippen LogP contribution in [0.3, 0.4) is 0 Å². The number of carbonyl (C=O) groups is 1. The molecule has 0 aliphatic heterocycles. The maximum atomic E-state index is 13.0. The molecule has 0 amide bonds. The third kappa shape index (κ3) is 3.57. The second kappa shape index (κ2) is 6.91. The largest absolute Gasteiger partial charge is 0.362 e. The number of benzene rings is 1. The first kappa shape index (κ1) is 15.7. The summed E-state index contributed by atoms with van der Waals surface area (Å²) in [5.41, 5.74) is 2.43. The lowest BCUT2D eigenvalue weighted by atomic mass is 10.1. The van der Waals surface area contributed by atoms with E-state index < -0.39 is 0 Å². The van der Waals surface area contributed by atoms with Gasteiger partial charge in [-0.15, -0.1) is 5.10 Å². The number of carbonyl (C=O) groups excluding carboxylic acids is 1. The highest BCUT2D eigenvalue weighted by molar-refractivity contribution is 5.74. The average molecular weight is 323 g/mol. The summed E-state index contributed by atoms with van der Waals surface area (Å²) in [7, 11) is 0. The van der Waals surface area contributed by atoms with E-state index in [1.54, 1.807) is 30.6 Å². The molecule has 0 radical (unpaired) electrons. The number of hydrogen-bond donors (Lipinski definition) is 1. The van der Waals surface area contributed by atoms with Crippen molar-refractivity contribution in [2.75, 3.05) is 5.32 Å². The Bertz CT molecular complexity index is 836. The van der Waals surface area contributed by atoms with Crippen molar-refractivity contribution in [1.82, 2.24) is 20.2 Å². The minimum Gasteiger partial charge on any atom is -0.362 e. The molecule has 0 saturated heterocycles. The first-order valence-electron chi connectivity index (χ1n) is 7.28. The number of aldehydes is 1. The smallest absolute Gasteiger partial charge is 0.170 e. The van der Waals surface area contributed by atoms with Gasteiger partial charge in [-0.3, -0.25) is 9.78 Å². The SMILES string of the molecule is CC(Nc1cnc(-c2cnnc(C=O)c2)cn1)c1ccc(F)cc1. The summed E-state index contributed by atoms with van der Waals surface area (Å²) in [6.07, 6.45) is 5.33. The molecule has 2 aromatic heterocycles. The molecule has 24 heavy (non-hydrogen) atoms. The molecule has 6 nitrogen and oxygen atoms in total. The molecule has 7 heteroatoms. The number of halogens is 1. The predicted octanol–water partition coefficient (Wildman–Crippen LogP) is 3.06. The molecule has 1 unspecified atom stereocenters. The van der Waals surface area contributed by atoms with Crippen LogP contribution in [0.4, 0.5) is 10.2 Å². The average Bonchev–Trinajstić information content (AvgIpc) is 2.63. The highest BCUT2D eigenvalue weighted by atomic mass is 19.1. The quantitative estimate of drug-likeness (QED) is 0.727. The number of anilines is 1. The van der Waals surface area contributed by atoms with E-state index in [9.17, 15) is 9.18 Å². The van der Waals surface area contributed by atoms with E-state index in [-0.39, 0.29) is 17.6 Å². The molecule has 2 heterocycles. The van der Waals surface area contributed by atoms with Crippen molar-refractivity contribution < 1.29 is 9.18 Å². The zero-order valence-electron chi connectivity index (χ0n) is 12.8. The van der Waals surface area contributed by atoms with Gasteiger partial charge in [-0.25, -0.2) is 9.37 Å². The second-order valence-electron chi connectivity index (χ2n) is 5.19. The normalized spacial score (nSPS) is 11.8. The minimum atomic E-state index is -0.268. The van der Waals surface area contributed by atoms with Crippen molar-refractivity contribution in [3.8, 4) is 11.3 Å². The molecule has 1 N–H and O–H groups in total. The molecule has 0 aliphatic rings. The van der Waals surface area contributed by atoms with Crippen molar-refractivity contribution >= 4 is 12.1 Å². The predicted molar refractivity (Wildman–Crippen MR) is 86.9 cm³/mol. The van der Waals surface area contributed by atoms with Crippen LogP contribution in [-0.2, 0) is 0 Å². The molecular formula is C17H14FN5O. The van der Waals surface area contributed by atoms with Gasteiger partial charge in [-0.05, 0) is 30.7 Å². The molecule has 1 atom stereocenters.